The molecule has 33 heavy (non-hydrogen) atoms. The maximum Gasteiger partial charge on any atom is 0.321 e. The Labute approximate surface area is 193 Å². The van der Waals surface area contributed by atoms with E-state index < -0.39 is 6.04 Å². The SMILES string of the molecule is COc1ccc(CC(=O)N2CCN(C(=O)Nc3cccc(C)c3)CC2C(=O)NCCN)cc1. The van der Waals surface area contributed by atoms with Crippen molar-refractivity contribution in [2.24, 2.45) is 5.73 Å². The van der Waals surface area contributed by atoms with Gasteiger partial charge in [-0.3, -0.25) is 9.59 Å². The fourth-order valence-electron chi connectivity index (χ4n) is 3.75. The second-order valence-electron chi connectivity index (χ2n) is 7.95. The molecule has 1 aliphatic rings. The minimum atomic E-state index is -0.792. The molecule has 1 fully saturated rings. The van der Waals surface area contributed by atoms with Crippen molar-refractivity contribution >= 4 is 23.5 Å². The van der Waals surface area contributed by atoms with E-state index in [2.05, 4.69) is 10.6 Å². The van der Waals surface area contributed by atoms with Crippen molar-refractivity contribution in [3.63, 3.8) is 0 Å². The molecule has 1 heterocycles. The second-order valence-corrected chi connectivity index (χ2v) is 7.95. The Morgan fingerprint density at radius 1 is 1.12 bits per heavy atom. The number of piperazine rings is 1. The van der Waals surface area contributed by atoms with Gasteiger partial charge >= 0.3 is 6.03 Å². The van der Waals surface area contributed by atoms with Crippen molar-refractivity contribution in [2.45, 2.75) is 19.4 Å². The number of ether oxygens (including phenoxy) is 1. The highest BCUT2D eigenvalue weighted by Crippen LogP contribution is 2.17. The smallest absolute Gasteiger partial charge is 0.321 e. The molecule has 176 valence electrons. The summed E-state index contributed by atoms with van der Waals surface area (Å²) in [7, 11) is 1.58. The lowest BCUT2D eigenvalue weighted by Gasteiger charge is -2.40. The Bertz CT molecular complexity index is 979. The number of nitrogens with one attached hydrogen (secondary N) is 2. The molecule has 0 bridgehead atoms. The second kappa shape index (κ2) is 11.3. The van der Waals surface area contributed by atoms with Crippen molar-refractivity contribution in [1.82, 2.24) is 15.1 Å². The molecule has 0 radical (unpaired) electrons. The van der Waals surface area contributed by atoms with Gasteiger partial charge in [-0.1, -0.05) is 24.3 Å². The maximum atomic E-state index is 13.1. The van der Waals surface area contributed by atoms with E-state index in [1.807, 2.05) is 43.3 Å². The summed E-state index contributed by atoms with van der Waals surface area (Å²) in [5.74, 6) is 0.210. The number of amides is 4. The first kappa shape index (κ1) is 24.1. The van der Waals surface area contributed by atoms with Crippen LogP contribution in [0.2, 0.25) is 0 Å². The molecule has 9 heteroatoms. The number of nitrogens with two attached hydrogens (primary N) is 1. The summed E-state index contributed by atoms with van der Waals surface area (Å²) in [4.78, 5) is 41.9. The number of aryl methyl sites for hydroxylation is 1. The monoisotopic (exact) mass is 453 g/mol. The van der Waals surface area contributed by atoms with Crippen LogP contribution >= 0.6 is 0 Å². The molecule has 4 N–H and O–H groups in total. The van der Waals surface area contributed by atoms with E-state index in [-0.39, 0.29) is 43.9 Å². The van der Waals surface area contributed by atoms with Gasteiger partial charge in [-0.05, 0) is 42.3 Å². The number of carbonyl (C=O) groups is 3. The first-order valence-corrected chi connectivity index (χ1v) is 10.9. The molecule has 0 aromatic heterocycles. The van der Waals surface area contributed by atoms with Crippen LogP contribution in [-0.4, -0.2) is 73.5 Å². The largest absolute Gasteiger partial charge is 0.497 e. The van der Waals surface area contributed by atoms with Crippen molar-refractivity contribution in [3.8, 4) is 5.75 Å². The van der Waals surface area contributed by atoms with Gasteiger partial charge in [0, 0.05) is 31.9 Å². The fourth-order valence-corrected chi connectivity index (χ4v) is 3.75. The molecule has 4 amide bonds. The number of rotatable bonds is 7. The molecule has 3 rings (SSSR count). The summed E-state index contributed by atoms with van der Waals surface area (Å²) in [5.41, 5.74) is 8.05. The zero-order valence-corrected chi connectivity index (χ0v) is 19.0. The standard InChI is InChI=1S/C24H31N5O4/c1-17-4-3-5-19(14-17)27-24(32)28-12-13-29(21(16-28)23(31)26-11-10-25)22(30)15-18-6-8-20(33-2)9-7-18/h3-9,14,21H,10-13,15-16,25H2,1-2H3,(H,26,31)(H,27,32). The van der Waals surface area contributed by atoms with E-state index in [0.717, 1.165) is 11.1 Å². The van der Waals surface area contributed by atoms with E-state index in [9.17, 15) is 14.4 Å². The van der Waals surface area contributed by atoms with Gasteiger partial charge in [0.05, 0.1) is 20.1 Å². The van der Waals surface area contributed by atoms with Crippen LogP contribution in [0.3, 0.4) is 0 Å². The van der Waals surface area contributed by atoms with Gasteiger partial charge in [0.1, 0.15) is 11.8 Å². The number of hydrogen-bond acceptors (Lipinski definition) is 5. The van der Waals surface area contributed by atoms with Gasteiger partial charge in [0.15, 0.2) is 0 Å². The summed E-state index contributed by atoms with van der Waals surface area (Å²) < 4.78 is 5.16. The number of anilines is 1. The molecule has 2 aromatic rings. The van der Waals surface area contributed by atoms with Crippen LogP contribution in [0.4, 0.5) is 10.5 Å². The molecule has 1 aliphatic heterocycles. The Morgan fingerprint density at radius 3 is 2.55 bits per heavy atom. The van der Waals surface area contributed by atoms with Crippen LogP contribution in [-0.2, 0) is 16.0 Å². The van der Waals surface area contributed by atoms with E-state index in [1.54, 1.807) is 29.0 Å². The molecule has 1 atom stereocenters. The number of hydrogen-bond donors (Lipinski definition) is 3. The summed E-state index contributed by atoms with van der Waals surface area (Å²) in [6.07, 6.45) is 0.153. The predicted octanol–water partition coefficient (Wildman–Crippen LogP) is 1.37. The highest BCUT2D eigenvalue weighted by Gasteiger charge is 2.36. The molecule has 0 spiro atoms. The van der Waals surface area contributed by atoms with Crippen LogP contribution in [0.15, 0.2) is 48.5 Å². The van der Waals surface area contributed by atoms with Crippen molar-refractivity contribution < 1.29 is 19.1 Å². The number of urea groups is 1. The molecule has 1 unspecified atom stereocenters. The minimum absolute atomic E-state index is 0.0996. The normalized spacial score (nSPS) is 15.7. The quantitative estimate of drug-likeness (QED) is 0.585. The first-order valence-electron chi connectivity index (χ1n) is 10.9. The molecule has 2 aromatic carbocycles. The number of benzene rings is 2. The van der Waals surface area contributed by atoms with Crippen molar-refractivity contribution in [2.75, 3.05) is 45.2 Å². The van der Waals surface area contributed by atoms with Crippen molar-refractivity contribution in [3.05, 3.63) is 59.7 Å². The minimum Gasteiger partial charge on any atom is -0.497 e. The van der Waals surface area contributed by atoms with Gasteiger partial charge < -0.3 is 30.9 Å². The molecule has 9 nitrogen and oxygen atoms in total. The zero-order chi connectivity index (χ0) is 23.8. The van der Waals surface area contributed by atoms with Crippen LogP contribution in [0, 0.1) is 6.92 Å². The van der Waals surface area contributed by atoms with Gasteiger partial charge in [0.25, 0.3) is 0 Å². The average Bonchev–Trinajstić information content (AvgIpc) is 2.82. The topological polar surface area (TPSA) is 117 Å². The van der Waals surface area contributed by atoms with Gasteiger partial charge in [-0.25, -0.2) is 4.79 Å². The summed E-state index contributed by atoms with van der Waals surface area (Å²) in [5, 5.41) is 5.62. The van der Waals surface area contributed by atoms with Crippen molar-refractivity contribution in [1.29, 1.82) is 0 Å². The maximum absolute atomic E-state index is 13.1. The predicted molar refractivity (Wildman–Crippen MR) is 126 cm³/mol. The van der Waals surface area contributed by atoms with Crippen LogP contribution in [0.1, 0.15) is 11.1 Å². The highest BCUT2D eigenvalue weighted by molar-refractivity contribution is 5.92. The molecule has 0 aliphatic carbocycles. The Morgan fingerprint density at radius 2 is 1.88 bits per heavy atom. The average molecular weight is 454 g/mol. The summed E-state index contributed by atoms with van der Waals surface area (Å²) in [6, 6.07) is 13.6. The lowest BCUT2D eigenvalue weighted by atomic mass is 10.1. The van der Waals surface area contributed by atoms with Gasteiger partial charge in [-0.2, -0.15) is 0 Å². The number of carbonyl (C=O) groups excluding carboxylic acids is 3. The number of methoxy groups -OCH3 is 1. The molecular formula is C24H31N5O4. The van der Waals surface area contributed by atoms with E-state index in [4.69, 9.17) is 10.5 Å². The van der Waals surface area contributed by atoms with E-state index >= 15 is 0 Å². The van der Waals surface area contributed by atoms with Crippen LogP contribution < -0.4 is 21.1 Å². The van der Waals surface area contributed by atoms with Crippen LogP contribution in [0.25, 0.3) is 0 Å². The van der Waals surface area contributed by atoms with E-state index in [0.29, 0.717) is 24.5 Å². The lowest BCUT2D eigenvalue weighted by molar-refractivity contribution is -0.142. The zero-order valence-electron chi connectivity index (χ0n) is 19.0. The summed E-state index contributed by atoms with van der Waals surface area (Å²) >= 11 is 0. The fraction of sp³-hybridized carbons (Fsp3) is 0.375. The highest BCUT2D eigenvalue weighted by atomic mass is 16.5. The third-order valence-electron chi connectivity index (χ3n) is 5.52. The third kappa shape index (κ3) is 6.45. The van der Waals surface area contributed by atoms with Gasteiger partial charge in [0.2, 0.25) is 11.8 Å². The lowest BCUT2D eigenvalue weighted by Crippen LogP contribution is -2.62. The van der Waals surface area contributed by atoms with E-state index in [1.165, 1.54) is 0 Å². The summed E-state index contributed by atoms with van der Waals surface area (Å²) in [6.45, 7) is 3.22. The molecule has 1 saturated heterocycles. The third-order valence-corrected chi connectivity index (χ3v) is 5.52. The van der Waals surface area contributed by atoms with Gasteiger partial charge in [-0.15, -0.1) is 0 Å². The first-order chi connectivity index (χ1) is 15.9. The Balaban J connectivity index is 1.70. The Hall–Kier alpha value is -3.59. The molecule has 0 saturated carbocycles. The van der Waals surface area contributed by atoms with Crippen LogP contribution in [0.5, 0.6) is 5.75 Å². The number of nitrogens with zero attached hydrogens (tertiary/aromatic N) is 2. The molecular weight excluding hydrogens is 422 g/mol. The Kier molecular flexibility index (Phi) is 8.26.